The fourth-order valence-corrected chi connectivity index (χ4v) is 3.47. The topological polar surface area (TPSA) is 75.6 Å². The Labute approximate surface area is 151 Å². The van der Waals surface area contributed by atoms with Crippen molar-refractivity contribution in [3.8, 4) is 0 Å². The smallest absolute Gasteiger partial charge is 0.330 e. The first-order valence-electron chi connectivity index (χ1n) is 7.74. The number of carbonyl (C=O) groups is 2. The minimum absolute atomic E-state index is 0.0291. The molecule has 1 aromatic rings. The Bertz CT molecular complexity index is 662. The second-order valence-corrected chi connectivity index (χ2v) is 7.37. The Morgan fingerprint density at radius 2 is 2.00 bits per heavy atom. The second kappa shape index (κ2) is 6.90. The molecule has 2 N–H and O–H groups in total. The third-order valence-electron chi connectivity index (χ3n) is 4.83. The monoisotopic (exact) mass is 373 g/mol. The highest BCUT2D eigenvalue weighted by Crippen LogP contribution is 2.51. The zero-order valence-electron chi connectivity index (χ0n) is 13.9. The normalized spacial score (nSPS) is 25.0. The second-order valence-electron chi connectivity index (χ2n) is 6.55. The fourth-order valence-electron chi connectivity index (χ4n) is 3.15. The summed E-state index contributed by atoms with van der Waals surface area (Å²) in [7, 11) is 0. The van der Waals surface area contributed by atoms with Crippen LogP contribution in [0.25, 0.3) is 0 Å². The van der Waals surface area contributed by atoms with Crippen LogP contribution < -0.4 is 5.32 Å². The molecule has 7 heteroatoms. The van der Waals surface area contributed by atoms with Gasteiger partial charge in [-0.2, -0.15) is 0 Å². The van der Waals surface area contributed by atoms with E-state index < -0.39 is 16.9 Å². The number of halogens is 2. The van der Waals surface area contributed by atoms with E-state index in [1.165, 1.54) is 0 Å². The van der Waals surface area contributed by atoms with E-state index >= 15 is 0 Å². The summed E-state index contributed by atoms with van der Waals surface area (Å²) in [5, 5.41) is 13.1. The molecule has 2 unspecified atom stereocenters. The average molecular weight is 374 g/mol. The lowest BCUT2D eigenvalue weighted by atomic mass is 9.54. The summed E-state index contributed by atoms with van der Waals surface area (Å²) in [5.74, 6) is -1.43. The average Bonchev–Trinajstić information content (AvgIpc) is 2.49. The molecule has 0 radical (unpaired) electrons. The van der Waals surface area contributed by atoms with E-state index in [2.05, 4.69) is 5.32 Å². The van der Waals surface area contributed by atoms with Crippen LogP contribution >= 0.6 is 23.2 Å². The molecule has 0 aromatic heterocycles. The Hall–Kier alpha value is -1.30. The molecular weight excluding hydrogens is 353 g/mol. The molecular formula is C17H21Cl2NO4. The van der Waals surface area contributed by atoms with E-state index in [4.69, 9.17) is 27.9 Å². The van der Waals surface area contributed by atoms with Crippen LogP contribution in [0.1, 0.15) is 32.8 Å². The zero-order chi connectivity index (χ0) is 18.1. The Morgan fingerprint density at radius 3 is 2.50 bits per heavy atom. The first-order valence-corrected chi connectivity index (χ1v) is 8.49. The van der Waals surface area contributed by atoms with Gasteiger partial charge in [-0.1, -0.05) is 43.1 Å². The first-order chi connectivity index (χ1) is 11.1. The van der Waals surface area contributed by atoms with Gasteiger partial charge in [0.05, 0.1) is 22.6 Å². The van der Waals surface area contributed by atoms with Crippen LogP contribution in [-0.4, -0.2) is 35.2 Å². The highest BCUT2D eigenvalue weighted by molar-refractivity contribution is 6.42. The van der Waals surface area contributed by atoms with Gasteiger partial charge in [0.15, 0.2) is 0 Å². The van der Waals surface area contributed by atoms with Gasteiger partial charge < -0.3 is 15.2 Å². The number of rotatable bonds is 6. The van der Waals surface area contributed by atoms with Crippen LogP contribution in [0.5, 0.6) is 0 Å². The molecule has 5 nitrogen and oxygen atoms in total. The molecule has 0 saturated heterocycles. The molecule has 132 valence electrons. The summed E-state index contributed by atoms with van der Waals surface area (Å²) in [6.07, 6.45) is 0.0706. The van der Waals surface area contributed by atoms with Crippen LogP contribution in [0.4, 0.5) is 0 Å². The number of carbonyl (C=O) groups excluding carboxylic acids is 1. The van der Waals surface area contributed by atoms with Crippen molar-refractivity contribution < 1.29 is 19.4 Å². The van der Waals surface area contributed by atoms with Crippen LogP contribution in [0.2, 0.25) is 10.0 Å². The van der Waals surface area contributed by atoms with Gasteiger partial charge in [-0.25, -0.2) is 4.79 Å². The Kier molecular flexibility index (Phi) is 5.47. The standard InChI is InChI=1S/C17H21Cl2NO4/c1-4-24-13-9-17(15(22)23,16(13,2)3)20-14(21)8-10-5-6-11(18)12(19)7-10/h5-7,13H,4,8-9H2,1-3H3,(H,20,21)(H,22,23). The molecule has 0 heterocycles. The number of ether oxygens (including phenoxy) is 1. The predicted octanol–water partition coefficient (Wildman–Crippen LogP) is 3.31. The van der Waals surface area contributed by atoms with Gasteiger partial charge in [0, 0.05) is 18.4 Å². The van der Waals surface area contributed by atoms with Gasteiger partial charge in [0.2, 0.25) is 5.91 Å². The molecule has 24 heavy (non-hydrogen) atoms. The summed E-state index contributed by atoms with van der Waals surface area (Å²) in [6.45, 7) is 5.95. The highest BCUT2D eigenvalue weighted by atomic mass is 35.5. The van der Waals surface area contributed by atoms with Crippen molar-refractivity contribution >= 4 is 35.1 Å². The number of nitrogens with one attached hydrogen (secondary N) is 1. The number of amides is 1. The van der Waals surface area contributed by atoms with E-state index in [1.54, 1.807) is 32.0 Å². The zero-order valence-corrected chi connectivity index (χ0v) is 15.4. The van der Waals surface area contributed by atoms with Crippen molar-refractivity contribution in [1.82, 2.24) is 5.32 Å². The largest absolute Gasteiger partial charge is 0.479 e. The fraction of sp³-hybridized carbons (Fsp3) is 0.529. The Balaban J connectivity index is 2.13. The van der Waals surface area contributed by atoms with E-state index in [0.29, 0.717) is 22.2 Å². The predicted molar refractivity (Wildman–Crippen MR) is 92.5 cm³/mol. The number of hydrogen-bond donors (Lipinski definition) is 2. The van der Waals surface area contributed by atoms with Crippen LogP contribution in [-0.2, 0) is 20.7 Å². The van der Waals surface area contributed by atoms with Crippen LogP contribution in [0, 0.1) is 5.41 Å². The molecule has 2 atom stereocenters. The highest BCUT2D eigenvalue weighted by Gasteiger charge is 2.66. The van der Waals surface area contributed by atoms with E-state index in [-0.39, 0.29) is 24.9 Å². The lowest BCUT2D eigenvalue weighted by Gasteiger charge is -2.58. The van der Waals surface area contributed by atoms with Gasteiger partial charge >= 0.3 is 5.97 Å². The van der Waals surface area contributed by atoms with E-state index in [9.17, 15) is 14.7 Å². The molecule has 1 amide bonds. The Morgan fingerprint density at radius 1 is 1.33 bits per heavy atom. The quantitative estimate of drug-likeness (QED) is 0.801. The number of carboxylic acids is 1. The number of hydrogen-bond acceptors (Lipinski definition) is 3. The van der Waals surface area contributed by atoms with Gasteiger partial charge in [0.1, 0.15) is 5.54 Å². The maximum Gasteiger partial charge on any atom is 0.330 e. The van der Waals surface area contributed by atoms with Crippen molar-refractivity contribution in [1.29, 1.82) is 0 Å². The maximum atomic E-state index is 12.4. The lowest BCUT2D eigenvalue weighted by molar-refractivity contribution is -0.194. The minimum atomic E-state index is -1.33. The van der Waals surface area contributed by atoms with Crippen LogP contribution in [0.3, 0.4) is 0 Å². The molecule has 0 spiro atoms. The van der Waals surface area contributed by atoms with Crippen molar-refractivity contribution in [2.45, 2.75) is 45.3 Å². The van der Waals surface area contributed by atoms with Crippen molar-refractivity contribution in [2.24, 2.45) is 5.41 Å². The number of aliphatic carboxylic acids is 1. The minimum Gasteiger partial charge on any atom is -0.479 e. The van der Waals surface area contributed by atoms with Crippen LogP contribution in [0.15, 0.2) is 18.2 Å². The van der Waals surface area contributed by atoms with Gasteiger partial charge in [-0.3, -0.25) is 4.79 Å². The number of benzene rings is 1. The summed E-state index contributed by atoms with van der Waals surface area (Å²) in [6, 6.07) is 4.90. The van der Waals surface area contributed by atoms with Gasteiger partial charge in [-0.05, 0) is 24.6 Å². The van der Waals surface area contributed by atoms with Crippen molar-refractivity contribution in [2.75, 3.05) is 6.61 Å². The molecule has 1 aliphatic rings. The molecule has 1 fully saturated rings. The molecule has 1 aliphatic carbocycles. The number of carboxylic acid groups (broad SMARTS) is 1. The van der Waals surface area contributed by atoms with E-state index in [0.717, 1.165) is 0 Å². The summed E-state index contributed by atoms with van der Waals surface area (Å²) >= 11 is 11.8. The SMILES string of the molecule is CCOC1CC(NC(=O)Cc2ccc(Cl)c(Cl)c2)(C(=O)O)C1(C)C. The molecule has 1 aromatic carbocycles. The molecule has 0 aliphatic heterocycles. The van der Waals surface area contributed by atoms with Gasteiger partial charge in [0.25, 0.3) is 0 Å². The van der Waals surface area contributed by atoms with Crippen molar-refractivity contribution in [3.63, 3.8) is 0 Å². The third kappa shape index (κ3) is 3.25. The van der Waals surface area contributed by atoms with Crippen molar-refractivity contribution in [3.05, 3.63) is 33.8 Å². The van der Waals surface area contributed by atoms with E-state index in [1.807, 2.05) is 6.92 Å². The molecule has 1 saturated carbocycles. The maximum absolute atomic E-state index is 12.4. The first kappa shape index (κ1) is 19.0. The summed E-state index contributed by atoms with van der Waals surface area (Å²) in [4.78, 5) is 24.2. The van der Waals surface area contributed by atoms with Gasteiger partial charge in [-0.15, -0.1) is 0 Å². The lowest BCUT2D eigenvalue weighted by Crippen LogP contribution is -2.76. The summed E-state index contributed by atoms with van der Waals surface area (Å²) in [5.41, 5.74) is -1.37. The molecule has 0 bridgehead atoms. The molecule has 2 rings (SSSR count). The summed E-state index contributed by atoms with van der Waals surface area (Å²) < 4.78 is 5.58. The third-order valence-corrected chi connectivity index (χ3v) is 5.57.